The number of nitrogens with zero attached hydrogens (tertiary/aromatic N) is 3. The van der Waals surface area contributed by atoms with Crippen LogP contribution in [0.25, 0.3) is 0 Å². The first-order valence-electron chi connectivity index (χ1n) is 7.66. The highest BCUT2D eigenvalue weighted by Gasteiger charge is 2.40. The van der Waals surface area contributed by atoms with E-state index in [2.05, 4.69) is 10.2 Å². The molecule has 2 N–H and O–H groups in total. The average Bonchev–Trinajstić information content (AvgIpc) is 3.24. The number of anilines is 1. The second-order valence-electron chi connectivity index (χ2n) is 5.27. The molecule has 134 valence electrons. The lowest BCUT2D eigenvalue weighted by atomic mass is 10.3. The molecule has 1 aromatic heterocycles. The number of amides is 2. The number of thioether (sulfide) groups is 1. The van der Waals surface area contributed by atoms with Crippen molar-refractivity contribution in [3.63, 3.8) is 0 Å². The van der Waals surface area contributed by atoms with Crippen molar-refractivity contribution in [1.82, 2.24) is 0 Å². The summed E-state index contributed by atoms with van der Waals surface area (Å²) < 4.78 is 5.09. The van der Waals surface area contributed by atoms with E-state index in [1.165, 1.54) is 16.2 Å². The monoisotopic (exact) mass is 388 g/mol. The van der Waals surface area contributed by atoms with Crippen molar-refractivity contribution in [3.8, 4) is 5.75 Å². The molecule has 1 saturated heterocycles. The quantitative estimate of drug-likeness (QED) is 0.367. The van der Waals surface area contributed by atoms with Crippen molar-refractivity contribution in [2.75, 3.05) is 12.0 Å². The minimum absolute atomic E-state index is 0.0698. The number of rotatable bonds is 5. The number of carbonyl (C=O) groups is 2. The number of benzene rings is 1. The molecule has 9 heteroatoms. The summed E-state index contributed by atoms with van der Waals surface area (Å²) in [5.41, 5.74) is 6.34. The molecule has 1 aliphatic rings. The Bertz CT molecular complexity index is 847. The molecule has 0 radical (unpaired) electrons. The first-order valence-corrected chi connectivity index (χ1v) is 9.42. The molecule has 7 nitrogen and oxygen atoms in total. The molecular weight excluding hydrogens is 372 g/mol. The summed E-state index contributed by atoms with van der Waals surface area (Å²) in [7, 11) is 1.55. The van der Waals surface area contributed by atoms with Gasteiger partial charge in [-0.25, -0.2) is 4.90 Å². The summed E-state index contributed by atoms with van der Waals surface area (Å²) in [6, 6.07) is 10.6. The zero-order valence-corrected chi connectivity index (χ0v) is 15.5. The van der Waals surface area contributed by atoms with Crippen LogP contribution >= 0.6 is 23.1 Å². The summed E-state index contributed by atoms with van der Waals surface area (Å²) in [5, 5.41) is 9.24. The molecule has 1 aromatic carbocycles. The number of thiophene rings is 1. The van der Waals surface area contributed by atoms with Crippen LogP contribution in [-0.2, 0) is 9.59 Å². The van der Waals surface area contributed by atoms with Gasteiger partial charge >= 0.3 is 0 Å². The third-order valence-corrected chi connectivity index (χ3v) is 5.37. The highest BCUT2D eigenvalue weighted by molar-refractivity contribution is 8.14. The van der Waals surface area contributed by atoms with Gasteiger partial charge in [-0.3, -0.25) is 9.59 Å². The van der Waals surface area contributed by atoms with E-state index in [1.807, 2.05) is 17.5 Å². The third-order valence-electron chi connectivity index (χ3n) is 3.58. The van der Waals surface area contributed by atoms with Crippen molar-refractivity contribution < 1.29 is 14.3 Å². The van der Waals surface area contributed by atoms with Crippen molar-refractivity contribution in [2.24, 2.45) is 15.9 Å². The van der Waals surface area contributed by atoms with Crippen LogP contribution in [0.15, 0.2) is 52.0 Å². The van der Waals surface area contributed by atoms with Crippen LogP contribution in [0.4, 0.5) is 5.69 Å². The molecule has 26 heavy (non-hydrogen) atoms. The van der Waals surface area contributed by atoms with Gasteiger partial charge in [0, 0.05) is 11.3 Å². The second-order valence-corrected chi connectivity index (χ2v) is 7.48. The molecule has 0 spiro atoms. The fraction of sp³-hybridized carbons (Fsp3) is 0.176. The van der Waals surface area contributed by atoms with Gasteiger partial charge in [0.2, 0.25) is 11.8 Å². The Labute approximate surface area is 158 Å². The standard InChI is InChI=1S/C17H16N4O3S2/c1-24-12-6-4-11(5-7-12)21-15(22)9-14(16(21)23)26-17(18)20-19-10-13-3-2-8-25-13/h2-8,10,14H,9H2,1H3,(H2,18,20). The van der Waals surface area contributed by atoms with E-state index in [0.717, 1.165) is 16.6 Å². The molecule has 3 rings (SSSR count). The lowest BCUT2D eigenvalue weighted by Gasteiger charge is -2.15. The zero-order valence-electron chi connectivity index (χ0n) is 13.9. The molecule has 2 heterocycles. The van der Waals surface area contributed by atoms with Gasteiger partial charge in [-0.05, 0) is 35.7 Å². The molecule has 2 aromatic rings. The number of ether oxygens (including phenoxy) is 1. The number of hydrogen-bond donors (Lipinski definition) is 1. The predicted octanol–water partition coefficient (Wildman–Crippen LogP) is 2.47. The molecule has 0 saturated carbocycles. The van der Waals surface area contributed by atoms with E-state index < -0.39 is 5.25 Å². The molecule has 1 atom stereocenters. The average molecular weight is 388 g/mol. The zero-order chi connectivity index (χ0) is 18.5. The molecule has 1 fully saturated rings. The van der Waals surface area contributed by atoms with Crippen molar-refractivity contribution in [3.05, 3.63) is 46.7 Å². The van der Waals surface area contributed by atoms with Gasteiger partial charge < -0.3 is 10.5 Å². The van der Waals surface area contributed by atoms with Gasteiger partial charge in [0.25, 0.3) is 0 Å². The van der Waals surface area contributed by atoms with Gasteiger partial charge in [0.05, 0.1) is 19.0 Å². The van der Waals surface area contributed by atoms with Gasteiger partial charge in [-0.2, -0.15) is 5.10 Å². The Morgan fingerprint density at radius 3 is 2.77 bits per heavy atom. The van der Waals surface area contributed by atoms with Crippen LogP contribution < -0.4 is 15.4 Å². The van der Waals surface area contributed by atoms with Crippen molar-refractivity contribution >= 4 is 52.0 Å². The number of carbonyl (C=O) groups excluding carboxylic acids is 2. The van der Waals surface area contributed by atoms with E-state index in [9.17, 15) is 9.59 Å². The van der Waals surface area contributed by atoms with Gasteiger partial charge in [-0.15, -0.1) is 16.4 Å². The first-order chi connectivity index (χ1) is 12.6. The minimum Gasteiger partial charge on any atom is -0.497 e. The van der Waals surface area contributed by atoms with E-state index in [1.54, 1.807) is 37.6 Å². The number of imide groups is 1. The maximum atomic E-state index is 12.6. The van der Waals surface area contributed by atoms with Gasteiger partial charge in [-0.1, -0.05) is 17.8 Å². The summed E-state index contributed by atoms with van der Waals surface area (Å²) in [4.78, 5) is 26.9. The predicted molar refractivity (Wildman–Crippen MR) is 105 cm³/mol. The van der Waals surface area contributed by atoms with Crippen LogP contribution in [0.3, 0.4) is 0 Å². The molecule has 0 aliphatic carbocycles. The van der Waals surface area contributed by atoms with Crippen LogP contribution in [-0.4, -0.2) is 35.6 Å². The number of hydrogen-bond acceptors (Lipinski definition) is 7. The summed E-state index contributed by atoms with van der Waals surface area (Å²) in [5.74, 6) is 0.0665. The molecular formula is C17H16N4O3S2. The van der Waals surface area contributed by atoms with Crippen LogP contribution in [0.2, 0.25) is 0 Å². The maximum absolute atomic E-state index is 12.6. The fourth-order valence-electron chi connectivity index (χ4n) is 2.38. The highest BCUT2D eigenvalue weighted by atomic mass is 32.2. The van der Waals surface area contributed by atoms with Crippen LogP contribution in [0.5, 0.6) is 5.75 Å². The summed E-state index contributed by atoms with van der Waals surface area (Å²) >= 11 is 2.57. The SMILES string of the molecule is COc1ccc(N2C(=O)CC(SC(N)=NN=Cc3cccs3)C2=O)cc1. The maximum Gasteiger partial charge on any atom is 0.247 e. The summed E-state index contributed by atoms with van der Waals surface area (Å²) in [6.45, 7) is 0. The van der Waals surface area contributed by atoms with E-state index in [0.29, 0.717) is 11.4 Å². The Morgan fingerprint density at radius 1 is 1.35 bits per heavy atom. The fourth-order valence-corrected chi connectivity index (χ4v) is 3.77. The van der Waals surface area contributed by atoms with E-state index >= 15 is 0 Å². The Balaban J connectivity index is 1.66. The molecule has 1 unspecified atom stereocenters. The largest absolute Gasteiger partial charge is 0.497 e. The minimum atomic E-state index is -0.606. The highest BCUT2D eigenvalue weighted by Crippen LogP contribution is 2.30. The topological polar surface area (TPSA) is 97.3 Å². The number of nitrogens with two attached hydrogens (primary N) is 1. The third kappa shape index (κ3) is 4.12. The number of amidine groups is 1. The van der Waals surface area contributed by atoms with Gasteiger partial charge in [0.15, 0.2) is 5.17 Å². The normalized spacial score (nSPS) is 18.1. The smallest absolute Gasteiger partial charge is 0.247 e. The van der Waals surface area contributed by atoms with E-state index in [4.69, 9.17) is 10.5 Å². The lowest BCUT2D eigenvalue weighted by Crippen LogP contribution is -2.31. The van der Waals surface area contributed by atoms with Crippen LogP contribution in [0.1, 0.15) is 11.3 Å². The second kappa shape index (κ2) is 8.15. The molecule has 1 aliphatic heterocycles. The van der Waals surface area contributed by atoms with E-state index in [-0.39, 0.29) is 23.4 Å². The Morgan fingerprint density at radius 2 is 2.12 bits per heavy atom. The van der Waals surface area contributed by atoms with Crippen molar-refractivity contribution in [2.45, 2.75) is 11.7 Å². The molecule has 2 amide bonds. The van der Waals surface area contributed by atoms with Crippen LogP contribution in [0, 0.1) is 0 Å². The Hall–Kier alpha value is -2.65. The first kappa shape index (κ1) is 18.2. The van der Waals surface area contributed by atoms with Crippen molar-refractivity contribution in [1.29, 1.82) is 0 Å². The molecule has 0 bridgehead atoms. The Kier molecular flexibility index (Phi) is 5.69. The summed E-state index contributed by atoms with van der Waals surface area (Å²) in [6.07, 6.45) is 1.66. The number of methoxy groups -OCH3 is 1. The van der Waals surface area contributed by atoms with Gasteiger partial charge in [0.1, 0.15) is 11.0 Å². The lowest BCUT2D eigenvalue weighted by molar-refractivity contribution is -0.121.